The third-order valence-electron chi connectivity index (χ3n) is 1.74. The molecule has 0 saturated carbocycles. The number of hydrogen-bond acceptors (Lipinski definition) is 4. The van der Waals surface area contributed by atoms with Gasteiger partial charge in [0.15, 0.2) is 5.78 Å². The van der Waals surface area contributed by atoms with Crippen LogP contribution in [0, 0.1) is 0 Å². The molecular weight excluding hydrogens is 170 g/mol. The fraction of sp³-hybridized carbons (Fsp3) is 0.444. The Morgan fingerprint density at radius 2 is 2.38 bits per heavy atom. The smallest absolute Gasteiger partial charge is 0.308 e. The summed E-state index contributed by atoms with van der Waals surface area (Å²) in [6.07, 6.45) is 3.10. The number of ketones is 1. The second kappa shape index (κ2) is 3.98. The fourth-order valence-electron chi connectivity index (χ4n) is 1.03. The Hall–Kier alpha value is -1.45. The monoisotopic (exact) mass is 181 g/mol. The Morgan fingerprint density at radius 1 is 1.69 bits per heavy atom. The minimum atomic E-state index is -0.587. The van der Waals surface area contributed by atoms with E-state index >= 15 is 0 Å². The first-order valence-corrected chi connectivity index (χ1v) is 3.95. The zero-order chi connectivity index (χ0) is 9.84. The van der Waals surface area contributed by atoms with Crippen LogP contribution < -0.4 is 0 Å². The summed E-state index contributed by atoms with van der Waals surface area (Å²) in [5, 5.41) is 0. The van der Waals surface area contributed by atoms with E-state index in [0.29, 0.717) is 0 Å². The van der Waals surface area contributed by atoms with Crippen LogP contribution in [0.4, 0.5) is 0 Å². The molecule has 70 valence electrons. The molecule has 0 saturated heterocycles. The minimum Gasteiger partial charge on any atom is -0.469 e. The molecule has 0 aromatic rings. The highest BCUT2D eigenvalue weighted by Gasteiger charge is 2.21. The van der Waals surface area contributed by atoms with Gasteiger partial charge in [0.25, 0.3) is 0 Å². The fourth-order valence-corrected chi connectivity index (χ4v) is 1.03. The maximum Gasteiger partial charge on any atom is 0.308 e. The lowest BCUT2D eigenvalue weighted by molar-refractivity contribution is -0.142. The number of nitrogens with zero attached hydrogens (tertiary/aromatic N) is 1. The standard InChI is InChI=1S/C9H11NO3/c1-6-3-8(11)7(10-5-6)4-9(12)13-2/h3,5,7H,4H2,1-2H3. The first-order chi connectivity index (χ1) is 6.13. The number of aliphatic imine (C=N–C) groups is 1. The van der Waals surface area contributed by atoms with Crippen LogP contribution in [0.15, 0.2) is 16.6 Å². The molecule has 13 heavy (non-hydrogen) atoms. The molecule has 1 aliphatic heterocycles. The van der Waals surface area contributed by atoms with Crippen molar-refractivity contribution < 1.29 is 14.3 Å². The van der Waals surface area contributed by atoms with Crippen molar-refractivity contribution in [1.82, 2.24) is 0 Å². The Morgan fingerprint density at radius 3 is 2.92 bits per heavy atom. The Balaban J connectivity index is 2.60. The molecule has 0 aromatic heterocycles. The van der Waals surface area contributed by atoms with Gasteiger partial charge in [0.2, 0.25) is 0 Å². The van der Waals surface area contributed by atoms with Crippen molar-refractivity contribution in [2.24, 2.45) is 4.99 Å². The number of hydrogen-bond donors (Lipinski definition) is 0. The highest BCUT2D eigenvalue weighted by Crippen LogP contribution is 2.08. The lowest BCUT2D eigenvalue weighted by Crippen LogP contribution is -2.24. The van der Waals surface area contributed by atoms with Gasteiger partial charge in [0.05, 0.1) is 13.5 Å². The third-order valence-corrected chi connectivity index (χ3v) is 1.74. The molecular formula is C9H11NO3. The lowest BCUT2D eigenvalue weighted by Gasteiger charge is -2.11. The van der Waals surface area contributed by atoms with E-state index < -0.39 is 12.0 Å². The summed E-state index contributed by atoms with van der Waals surface area (Å²) in [4.78, 5) is 26.0. The van der Waals surface area contributed by atoms with Crippen LogP contribution in [0.25, 0.3) is 0 Å². The summed E-state index contributed by atoms with van der Waals surface area (Å²) < 4.78 is 4.44. The van der Waals surface area contributed by atoms with Gasteiger partial charge in [-0.3, -0.25) is 14.6 Å². The molecule has 4 heteroatoms. The Bertz CT molecular complexity index is 291. The molecule has 1 rings (SSSR count). The van der Waals surface area contributed by atoms with Crippen molar-refractivity contribution >= 4 is 18.0 Å². The number of carbonyl (C=O) groups excluding carboxylic acids is 2. The van der Waals surface area contributed by atoms with Gasteiger partial charge in [-0.2, -0.15) is 0 Å². The molecule has 0 amide bonds. The van der Waals surface area contributed by atoms with E-state index in [1.54, 1.807) is 13.1 Å². The van der Waals surface area contributed by atoms with Crippen LogP contribution in [0.5, 0.6) is 0 Å². The van der Waals surface area contributed by atoms with Crippen molar-refractivity contribution in [3.8, 4) is 0 Å². The summed E-state index contributed by atoms with van der Waals surface area (Å²) in [6.45, 7) is 1.79. The maximum absolute atomic E-state index is 11.3. The predicted octanol–water partition coefficient (Wildman–Crippen LogP) is 0.518. The quantitative estimate of drug-likeness (QED) is 0.583. The molecule has 1 aliphatic rings. The van der Waals surface area contributed by atoms with Crippen LogP contribution in [0.3, 0.4) is 0 Å². The lowest BCUT2D eigenvalue weighted by atomic mass is 10.0. The zero-order valence-electron chi connectivity index (χ0n) is 7.61. The van der Waals surface area contributed by atoms with E-state index in [2.05, 4.69) is 9.73 Å². The predicted molar refractivity (Wildman–Crippen MR) is 47.7 cm³/mol. The van der Waals surface area contributed by atoms with Crippen LogP contribution in [0.1, 0.15) is 13.3 Å². The van der Waals surface area contributed by atoms with Gasteiger partial charge < -0.3 is 4.74 Å². The minimum absolute atomic E-state index is 0.0234. The summed E-state index contributed by atoms with van der Waals surface area (Å²) in [7, 11) is 1.29. The average molecular weight is 181 g/mol. The molecule has 4 nitrogen and oxygen atoms in total. The van der Waals surface area contributed by atoms with Crippen molar-refractivity contribution in [3.63, 3.8) is 0 Å². The largest absolute Gasteiger partial charge is 0.469 e. The Labute approximate surface area is 76.3 Å². The molecule has 1 unspecified atom stereocenters. The van der Waals surface area contributed by atoms with Crippen molar-refractivity contribution in [1.29, 1.82) is 0 Å². The maximum atomic E-state index is 11.3. The van der Waals surface area contributed by atoms with Crippen LogP contribution >= 0.6 is 0 Å². The number of dihydropyridines is 1. The normalized spacial score (nSPS) is 21.2. The highest BCUT2D eigenvalue weighted by molar-refractivity contribution is 6.04. The van der Waals surface area contributed by atoms with E-state index in [1.807, 2.05) is 0 Å². The number of allylic oxidation sites excluding steroid dienone is 1. The van der Waals surface area contributed by atoms with E-state index in [4.69, 9.17) is 0 Å². The van der Waals surface area contributed by atoms with Crippen molar-refractivity contribution in [2.45, 2.75) is 19.4 Å². The van der Waals surface area contributed by atoms with Crippen molar-refractivity contribution in [2.75, 3.05) is 7.11 Å². The van der Waals surface area contributed by atoms with E-state index in [-0.39, 0.29) is 12.2 Å². The van der Waals surface area contributed by atoms with Crippen LogP contribution in [-0.2, 0) is 14.3 Å². The van der Waals surface area contributed by atoms with Gasteiger partial charge in [-0.1, -0.05) is 0 Å². The molecule has 0 bridgehead atoms. The molecule has 0 fully saturated rings. The topological polar surface area (TPSA) is 55.7 Å². The molecule has 1 atom stereocenters. The number of carbonyl (C=O) groups is 2. The molecule has 0 aliphatic carbocycles. The average Bonchev–Trinajstić information content (AvgIpc) is 2.09. The first kappa shape index (κ1) is 9.64. The third kappa shape index (κ3) is 2.50. The zero-order valence-corrected chi connectivity index (χ0v) is 7.61. The van der Waals surface area contributed by atoms with Crippen molar-refractivity contribution in [3.05, 3.63) is 11.6 Å². The van der Waals surface area contributed by atoms with Gasteiger partial charge in [0, 0.05) is 6.21 Å². The summed E-state index contributed by atoms with van der Waals surface area (Å²) in [5.74, 6) is -0.547. The van der Waals surface area contributed by atoms with Gasteiger partial charge in [-0.05, 0) is 18.6 Å². The highest BCUT2D eigenvalue weighted by atomic mass is 16.5. The number of rotatable bonds is 2. The summed E-state index contributed by atoms with van der Waals surface area (Å²) in [6, 6.07) is -0.587. The van der Waals surface area contributed by atoms with E-state index in [9.17, 15) is 9.59 Å². The molecule has 0 spiro atoms. The van der Waals surface area contributed by atoms with Crippen LogP contribution in [0.2, 0.25) is 0 Å². The SMILES string of the molecule is COC(=O)CC1N=CC(C)=CC1=O. The second-order valence-corrected chi connectivity index (χ2v) is 2.86. The Kier molecular flexibility index (Phi) is 2.95. The summed E-state index contributed by atoms with van der Waals surface area (Å²) in [5.41, 5.74) is 0.811. The molecule has 0 N–H and O–H groups in total. The molecule has 0 radical (unpaired) electrons. The van der Waals surface area contributed by atoms with Gasteiger partial charge in [-0.25, -0.2) is 0 Å². The van der Waals surface area contributed by atoms with Gasteiger partial charge >= 0.3 is 5.97 Å². The second-order valence-electron chi connectivity index (χ2n) is 2.86. The summed E-state index contributed by atoms with van der Waals surface area (Å²) >= 11 is 0. The van der Waals surface area contributed by atoms with E-state index in [1.165, 1.54) is 13.2 Å². The molecule has 0 aromatic carbocycles. The van der Waals surface area contributed by atoms with E-state index in [0.717, 1.165) is 5.57 Å². The van der Waals surface area contributed by atoms with Gasteiger partial charge in [0.1, 0.15) is 6.04 Å². The van der Waals surface area contributed by atoms with Crippen LogP contribution in [-0.4, -0.2) is 31.1 Å². The number of esters is 1. The van der Waals surface area contributed by atoms with Gasteiger partial charge in [-0.15, -0.1) is 0 Å². The first-order valence-electron chi connectivity index (χ1n) is 3.95. The molecule has 1 heterocycles. The number of methoxy groups -OCH3 is 1. The number of ether oxygens (including phenoxy) is 1.